The van der Waals surface area contributed by atoms with E-state index in [4.69, 9.17) is 16.1 Å². The van der Waals surface area contributed by atoms with Gasteiger partial charge in [0.15, 0.2) is 5.13 Å². The number of carbonyl (C=O) groups excluding carboxylic acids is 1. The summed E-state index contributed by atoms with van der Waals surface area (Å²) < 4.78 is 5.29. The molecular formula is C24H22ClN3O2S. The van der Waals surface area contributed by atoms with Crippen LogP contribution in [0.4, 0.5) is 5.13 Å². The minimum absolute atomic E-state index is 0.332. The van der Waals surface area contributed by atoms with Gasteiger partial charge in [0.25, 0.3) is 5.91 Å². The molecule has 5 nitrogen and oxygen atoms in total. The van der Waals surface area contributed by atoms with Crippen molar-refractivity contribution in [3.05, 3.63) is 75.8 Å². The summed E-state index contributed by atoms with van der Waals surface area (Å²) in [6.07, 6.45) is 1.10. The van der Waals surface area contributed by atoms with Gasteiger partial charge in [-0.2, -0.15) is 0 Å². The fourth-order valence-corrected chi connectivity index (χ4v) is 4.26. The van der Waals surface area contributed by atoms with Gasteiger partial charge in [-0.1, -0.05) is 73.1 Å². The summed E-state index contributed by atoms with van der Waals surface area (Å²) in [5.41, 5.74) is 4.56. The van der Waals surface area contributed by atoms with Gasteiger partial charge in [0.05, 0.1) is 10.7 Å². The number of anilines is 1. The fraction of sp³-hybridized carbons (Fsp3) is 0.208. The number of aryl methyl sites for hydroxylation is 1. The summed E-state index contributed by atoms with van der Waals surface area (Å²) in [7, 11) is 0. The average molecular weight is 452 g/mol. The van der Waals surface area contributed by atoms with Gasteiger partial charge in [-0.05, 0) is 30.9 Å². The summed E-state index contributed by atoms with van der Waals surface area (Å²) in [4.78, 5) is 17.6. The van der Waals surface area contributed by atoms with Crippen molar-refractivity contribution < 1.29 is 9.32 Å². The normalized spacial score (nSPS) is 12.0. The van der Waals surface area contributed by atoms with Gasteiger partial charge in [-0.15, -0.1) is 11.3 Å². The van der Waals surface area contributed by atoms with E-state index in [0.29, 0.717) is 38.7 Å². The number of benzene rings is 2. The summed E-state index contributed by atoms with van der Waals surface area (Å²) in [5.74, 6) is 0.616. The largest absolute Gasteiger partial charge is 0.360 e. The van der Waals surface area contributed by atoms with Crippen LogP contribution in [0.5, 0.6) is 0 Å². The number of rotatable bonds is 6. The molecule has 2 aromatic heterocycles. The van der Waals surface area contributed by atoms with Gasteiger partial charge in [-0.25, -0.2) is 4.98 Å². The third-order valence-corrected chi connectivity index (χ3v) is 6.42. The molecule has 4 rings (SSSR count). The lowest BCUT2D eigenvalue weighted by atomic mass is 9.97. The van der Waals surface area contributed by atoms with E-state index >= 15 is 0 Å². The van der Waals surface area contributed by atoms with Crippen molar-refractivity contribution >= 4 is 34.0 Å². The van der Waals surface area contributed by atoms with Crippen LogP contribution < -0.4 is 5.32 Å². The van der Waals surface area contributed by atoms with Crippen molar-refractivity contribution in [2.75, 3.05) is 5.32 Å². The topological polar surface area (TPSA) is 68.0 Å². The van der Waals surface area contributed by atoms with Crippen molar-refractivity contribution in [2.45, 2.75) is 33.1 Å². The Morgan fingerprint density at radius 2 is 1.94 bits per heavy atom. The van der Waals surface area contributed by atoms with E-state index in [9.17, 15) is 4.79 Å². The Labute approximate surface area is 190 Å². The second-order valence-corrected chi connectivity index (χ2v) is 8.63. The highest BCUT2D eigenvalue weighted by Crippen LogP contribution is 2.32. The zero-order chi connectivity index (χ0) is 22.0. The predicted molar refractivity (Wildman–Crippen MR) is 126 cm³/mol. The monoisotopic (exact) mass is 451 g/mol. The van der Waals surface area contributed by atoms with E-state index in [0.717, 1.165) is 17.7 Å². The maximum absolute atomic E-state index is 13.0. The summed E-state index contributed by atoms with van der Waals surface area (Å²) >= 11 is 7.67. The molecule has 1 atom stereocenters. The maximum atomic E-state index is 13.0. The number of aromatic nitrogens is 2. The number of carbonyl (C=O) groups is 1. The molecular weight excluding hydrogens is 430 g/mol. The lowest BCUT2D eigenvalue weighted by Gasteiger charge is -2.08. The Hall–Kier alpha value is -2.96. The SMILES string of the molecule is CCC(C)c1ccc(-c2csc(NC(=O)c3c(-c4ccccc4Cl)noc3C)n2)cc1. The lowest BCUT2D eigenvalue weighted by Crippen LogP contribution is -2.13. The molecule has 0 aliphatic carbocycles. The average Bonchev–Trinajstić information content (AvgIpc) is 3.40. The molecule has 0 aliphatic heterocycles. The minimum atomic E-state index is -0.332. The quantitative estimate of drug-likeness (QED) is 0.336. The molecule has 158 valence electrons. The second kappa shape index (κ2) is 9.04. The Balaban J connectivity index is 1.56. The van der Waals surface area contributed by atoms with Crippen molar-refractivity contribution in [2.24, 2.45) is 0 Å². The van der Waals surface area contributed by atoms with Gasteiger partial charge in [-0.3, -0.25) is 10.1 Å². The van der Waals surface area contributed by atoms with Crippen LogP contribution in [0, 0.1) is 6.92 Å². The molecule has 1 amide bonds. The Morgan fingerprint density at radius 3 is 2.65 bits per heavy atom. The number of nitrogens with one attached hydrogen (secondary N) is 1. The molecule has 0 saturated heterocycles. The number of halogens is 1. The molecule has 4 aromatic rings. The molecule has 7 heteroatoms. The van der Waals surface area contributed by atoms with Crippen LogP contribution in [0.3, 0.4) is 0 Å². The molecule has 0 fully saturated rings. The lowest BCUT2D eigenvalue weighted by molar-refractivity contribution is 0.102. The molecule has 0 bridgehead atoms. The predicted octanol–water partition coefficient (Wildman–Crippen LogP) is 7.19. The molecule has 0 saturated carbocycles. The van der Waals surface area contributed by atoms with Crippen molar-refractivity contribution in [3.63, 3.8) is 0 Å². The summed E-state index contributed by atoms with van der Waals surface area (Å²) in [6.45, 7) is 6.10. The van der Waals surface area contributed by atoms with E-state index < -0.39 is 0 Å². The van der Waals surface area contributed by atoms with Crippen LogP contribution >= 0.6 is 22.9 Å². The van der Waals surface area contributed by atoms with Crippen LogP contribution in [0.25, 0.3) is 22.5 Å². The summed E-state index contributed by atoms with van der Waals surface area (Å²) in [6, 6.07) is 15.6. The zero-order valence-electron chi connectivity index (χ0n) is 17.5. The standard InChI is InChI=1S/C24H22ClN3O2S/c1-4-14(2)16-9-11-17(12-10-16)20-13-31-24(26-20)27-23(29)21-15(3)30-28-22(21)18-7-5-6-8-19(18)25/h5-14H,4H2,1-3H3,(H,26,27,29). The number of amides is 1. The third kappa shape index (κ3) is 4.40. The first kappa shape index (κ1) is 21.3. The highest BCUT2D eigenvalue weighted by atomic mass is 35.5. The van der Waals surface area contributed by atoms with E-state index in [1.165, 1.54) is 16.9 Å². The molecule has 0 spiro atoms. The molecule has 1 N–H and O–H groups in total. The third-order valence-electron chi connectivity index (χ3n) is 5.33. The first-order valence-corrected chi connectivity index (χ1v) is 11.3. The highest BCUT2D eigenvalue weighted by molar-refractivity contribution is 7.14. The van der Waals surface area contributed by atoms with Gasteiger partial charge in [0.2, 0.25) is 0 Å². The zero-order valence-corrected chi connectivity index (χ0v) is 19.1. The molecule has 1 unspecified atom stereocenters. The van der Waals surface area contributed by atoms with Gasteiger partial charge >= 0.3 is 0 Å². The number of nitrogens with zero attached hydrogens (tertiary/aromatic N) is 2. The maximum Gasteiger partial charge on any atom is 0.263 e. The van der Waals surface area contributed by atoms with E-state index in [2.05, 4.69) is 53.6 Å². The molecule has 2 heterocycles. The molecule has 0 radical (unpaired) electrons. The van der Waals surface area contributed by atoms with Crippen LogP contribution in [0.15, 0.2) is 58.4 Å². The number of hydrogen-bond donors (Lipinski definition) is 1. The second-order valence-electron chi connectivity index (χ2n) is 7.37. The Bertz CT molecular complexity index is 1210. The number of hydrogen-bond acceptors (Lipinski definition) is 5. The van der Waals surface area contributed by atoms with E-state index in [1.54, 1.807) is 19.1 Å². The molecule has 31 heavy (non-hydrogen) atoms. The Morgan fingerprint density at radius 1 is 1.19 bits per heavy atom. The van der Waals surface area contributed by atoms with Crippen molar-refractivity contribution in [3.8, 4) is 22.5 Å². The molecule has 0 aliphatic rings. The fourth-order valence-electron chi connectivity index (χ4n) is 3.32. The Kier molecular flexibility index (Phi) is 6.20. The summed E-state index contributed by atoms with van der Waals surface area (Å²) in [5, 5.41) is 9.87. The first-order chi connectivity index (χ1) is 15.0. The van der Waals surface area contributed by atoms with Crippen LogP contribution in [0.2, 0.25) is 5.02 Å². The van der Waals surface area contributed by atoms with E-state index in [1.807, 2.05) is 17.5 Å². The van der Waals surface area contributed by atoms with Crippen LogP contribution in [-0.2, 0) is 0 Å². The van der Waals surface area contributed by atoms with Crippen LogP contribution in [0.1, 0.15) is 47.9 Å². The highest BCUT2D eigenvalue weighted by Gasteiger charge is 2.24. The van der Waals surface area contributed by atoms with Gasteiger partial charge in [0.1, 0.15) is 17.0 Å². The van der Waals surface area contributed by atoms with Crippen molar-refractivity contribution in [1.29, 1.82) is 0 Å². The smallest absolute Gasteiger partial charge is 0.263 e. The number of thiazole rings is 1. The van der Waals surface area contributed by atoms with Crippen molar-refractivity contribution in [1.82, 2.24) is 10.1 Å². The van der Waals surface area contributed by atoms with E-state index in [-0.39, 0.29) is 5.91 Å². The van der Waals surface area contributed by atoms with Crippen LogP contribution in [-0.4, -0.2) is 16.0 Å². The van der Waals surface area contributed by atoms with Gasteiger partial charge in [0, 0.05) is 16.5 Å². The first-order valence-electron chi connectivity index (χ1n) is 10.1. The molecule has 2 aromatic carbocycles. The minimum Gasteiger partial charge on any atom is -0.360 e. The van der Waals surface area contributed by atoms with Gasteiger partial charge < -0.3 is 4.52 Å².